The molecule has 2 aromatic rings. The van der Waals surface area contributed by atoms with Crippen molar-refractivity contribution in [3.05, 3.63) is 39.5 Å². The van der Waals surface area contributed by atoms with Gasteiger partial charge in [-0.25, -0.2) is 0 Å². The normalized spacial score (nSPS) is 11.2. The Bertz CT molecular complexity index is 688. The number of halogens is 1. The Kier molecular flexibility index (Phi) is 7.21. The average Bonchev–Trinajstić information content (AvgIpc) is 3.00. The summed E-state index contributed by atoms with van der Waals surface area (Å²) in [6.45, 7) is 3.29. The number of rotatable bonds is 7. The van der Waals surface area contributed by atoms with E-state index in [0.717, 1.165) is 23.0 Å². The number of hydrogen-bond acceptors (Lipinski definition) is 4. The number of nitrogens with zero attached hydrogens (tertiary/aromatic N) is 1. The maximum Gasteiger partial charge on any atom is 0.195 e. The molecule has 0 unspecified atom stereocenters. The third-order valence-corrected chi connectivity index (χ3v) is 4.53. The van der Waals surface area contributed by atoms with Gasteiger partial charge in [-0.2, -0.15) is 0 Å². The second kappa shape index (κ2) is 9.39. The van der Waals surface area contributed by atoms with Crippen molar-refractivity contribution in [2.24, 2.45) is 4.99 Å². The van der Waals surface area contributed by atoms with E-state index in [1.54, 1.807) is 25.5 Å². The number of ether oxygens (including phenoxy) is 2. The van der Waals surface area contributed by atoms with Crippen LogP contribution >= 0.6 is 22.9 Å². The minimum Gasteiger partial charge on any atom is -0.493 e. The summed E-state index contributed by atoms with van der Waals surface area (Å²) < 4.78 is 11.7. The minimum absolute atomic E-state index is 0.580. The lowest BCUT2D eigenvalue weighted by Crippen LogP contribution is -2.32. The van der Waals surface area contributed by atoms with Crippen LogP contribution in [0, 0.1) is 0 Å². The van der Waals surface area contributed by atoms with E-state index in [2.05, 4.69) is 15.6 Å². The highest BCUT2D eigenvalue weighted by Gasteiger charge is 2.07. The number of guanidine groups is 1. The zero-order valence-electron chi connectivity index (χ0n) is 14.1. The molecule has 0 aliphatic heterocycles. The van der Waals surface area contributed by atoms with E-state index in [1.807, 2.05) is 37.3 Å². The van der Waals surface area contributed by atoms with E-state index < -0.39 is 0 Å². The molecule has 0 amide bonds. The summed E-state index contributed by atoms with van der Waals surface area (Å²) in [5, 5.41) is 6.54. The zero-order chi connectivity index (χ0) is 17.4. The first-order valence-electron chi connectivity index (χ1n) is 7.69. The molecule has 130 valence electrons. The Balaban J connectivity index is 1.93. The highest BCUT2D eigenvalue weighted by atomic mass is 35.5. The monoisotopic (exact) mass is 367 g/mol. The molecule has 0 saturated heterocycles. The van der Waals surface area contributed by atoms with Crippen LogP contribution in [0.1, 0.15) is 11.8 Å². The second-order valence-electron chi connectivity index (χ2n) is 4.88. The van der Waals surface area contributed by atoms with Crippen molar-refractivity contribution in [1.29, 1.82) is 0 Å². The fourth-order valence-electron chi connectivity index (χ4n) is 2.13. The van der Waals surface area contributed by atoms with Crippen LogP contribution in [0.15, 0.2) is 35.3 Å². The first-order chi connectivity index (χ1) is 11.7. The predicted octanol–water partition coefficient (Wildman–Crippen LogP) is 4.04. The number of methoxy groups -OCH3 is 1. The molecule has 0 aliphatic rings. The van der Waals surface area contributed by atoms with Crippen molar-refractivity contribution in [2.75, 3.05) is 32.6 Å². The smallest absolute Gasteiger partial charge is 0.195 e. The Morgan fingerprint density at radius 2 is 2.08 bits per heavy atom. The van der Waals surface area contributed by atoms with Gasteiger partial charge in [-0.3, -0.25) is 4.99 Å². The van der Waals surface area contributed by atoms with E-state index >= 15 is 0 Å². The third kappa shape index (κ3) is 5.32. The van der Waals surface area contributed by atoms with Gasteiger partial charge >= 0.3 is 0 Å². The lowest BCUT2D eigenvalue weighted by atomic mass is 10.2. The van der Waals surface area contributed by atoms with Crippen LogP contribution in [0.25, 0.3) is 0 Å². The maximum absolute atomic E-state index is 5.94. The number of nitrogens with one attached hydrogen (secondary N) is 2. The molecule has 0 bridgehead atoms. The summed E-state index contributed by atoms with van der Waals surface area (Å²) in [4.78, 5) is 5.48. The Labute approximate surface area is 151 Å². The molecule has 1 aromatic carbocycles. The highest BCUT2D eigenvalue weighted by Crippen LogP contribution is 2.30. The first-order valence-corrected chi connectivity index (χ1v) is 8.88. The molecular weight excluding hydrogens is 346 g/mol. The first kappa shape index (κ1) is 18.4. The molecule has 0 aliphatic carbocycles. The van der Waals surface area contributed by atoms with E-state index in [4.69, 9.17) is 21.1 Å². The van der Waals surface area contributed by atoms with Gasteiger partial charge in [0, 0.05) is 30.2 Å². The molecule has 0 fully saturated rings. The maximum atomic E-state index is 5.94. The number of benzene rings is 1. The highest BCUT2D eigenvalue weighted by molar-refractivity contribution is 7.16. The molecule has 7 heteroatoms. The van der Waals surface area contributed by atoms with Crippen molar-refractivity contribution in [3.63, 3.8) is 0 Å². The SMILES string of the molecule is CCOc1cc(NC(=NC)NCCc2ccc(Cl)s2)ccc1OC. The number of thiophene rings is 1. The van der Waals surface area contributed by atoms with Crippen molar-refractivity contribution in [3.8, 4) is 11.5 Å². The van der Waals surface area contributed by atoms with Gasteiger partial charge in [0.1, 0.15) is 0 Å². The van der Waals surface area contributed by atoms with Gasteiger partial charge in [-0.1, -0.05) is 11.6 Å². The quantitative estimate of drug-likeness (QED) is 0.573. The van der Waals surface area contributed by atoms with Gasteiger partial charge < -0.3 is 20.1 Å². The van der Waals surface area contributed by atoms with Crippen LogP contribution in [-0.4, -0.2) is 33.3 Å². The van der Waals surface area contributed by atoms with Gasteiger partial charge in [0.05, 0.1) is 18.1 Å². The van der Waals surface area contributed by atoms with E-state index in [9.17, 15) is 0 Å². The number of aliphatic imine (C=N–C) groups is 1. The van der Waals surface area contributed by atoms with E-state index in [1.165, 1.54) is 4.88 Å². The van der Waals surface area contributed by atoms with Gasteiger partial charge in [-0.05, 0) is 37.6 Å². The molecule has 1 aromatic heterocycles. The largest absolute Gasteiger partial charge is 0.493 e. The lowest BCUT2D eigenvalue weighted by Gasteiger charge is -2.14. The van der Waals surface area contributed by atoms with Crippen LogP contribution in [0.5, 0.6) is 11.5 Å². The number of hydrogen-bond donors (Lipinski definition) is 2. The summed E-state index contributed by atoms with van der Waals surface area (Å²) in [5.41, 5.74) is 0.881. The summed E-state index contributed by atoms with van der Waals surface area (Å²) >= 11 is 7.54. The summed E-state index contributed by atoms with van der Waals surface area (Å²) in [7, 11) is 3.37. The van der Waals surface area contributed by atoms with Gasteiger partial charge in [-0.15, -0.1) is 11.3 Å². The molecule has 0 radical (unpaired) electrons. The Morgan fingerprint density at radius 1 is 1.25 bits per heavy atom. The topological polar surface area (TPSA) is 54.9 Å². The molecule has 24 heavy (non-hydrogen) atoms. The average molecular weight is 368 g/mol. The molecule has 5 nitrogen and oxygen atoms in total. The molecule has 1 heterocycles. The van der Waals surface area contributed by atoms with E-state index in [-0.39, 0.29) is 0 Å². The molecule has 0 spiro atoms. The second-order valence-corrected chi connectivity index (χ2v) is 6.68. The minimum atomic E-state index is 0.580. The van der Waals surface area contributed by atoms with Crippen LogP contribution < -0.4 is 20.1 Å². The van der Waals surface area contributed by atoms with Crippen molar-refractivity contribution in [1.82, 2.24) is 5.32 Å². The van der Waals surface area contributed by atoms with Crippen molar-refractivity contribution < 1.29 is 9.47 Å². The van der Waals surface area contributed by atoms with Crippen LogP contribution in [0.4, 0.5) is 5.69 Å². The summed E-state index contributed by atoms with van der Waals surface area (Å²) in [6, 6.07) is 9.65. The molecule has 0 atom stereocenters. The van der Waals surface area contributed by atoms with Gasteiger partial charge in [0.2, 0.25) is 0 Å². The third-order valence-electron chi connectivity index (χ3n) is 3.24. The van der Waals surface area contributed by atoms with Gasteiger partial charge in [0.25, 0.3) is 0 Å². The fourth-order valence-corrected chi connectivity index (χ4v) is 3.22. The molecule has 2 rings (SSSR count). The van der Waals surface area contributed by atoms with Crippen molar-refractivity contribution in [2.45, 2.75) is 13.3 Å². The van der Waals surface area contributed by atoms with Gasteiger partial charge in [0.15, 0.2) is 17.5 Å². The predicted molar refractivity (Wildman–Crippen MR) is 102 cm³/mol. The Hall–Kier alpha value is -1.92. The van der Waals surface area contributed by atoms with Crippen molar-refractivity contribution >= 4 is 34.6 Å². The van der Waals surface area contributed by atoms with Crippen LogP contribution in [0.3, 0.4) is 0 Å². The Morgan fingerprint density at radius 3 is 2.71 bits per heavy atom. The lowest BCUT2D eigenvalue weighted by molar-refractivity contribution is 0.311. The van der Waals surface area contributed by atoms with Crippen LogP contribution in [0.2, 0.25) is 4.34 Å². The standard InChI is InChI=1S/C17H22ClN3O2S/c1-4-23-15-11-12(5-7-14(15)22-3)21-17(19-2)20-10-9-13-6-8-16(18)24-13/h5-8,11H,4,9-10H2,1-3H3,(H2,19,20,21). The molecule has 2 N–H and O–H groups in total. The summed E-state index contributed by atoms with van der Waals surface area (Å²) in [5.74, 6) is 2.11. The molecular formula is C17H22ClN3O2S. The van der Waals surface area contributed by atoms with E-state index in [0.29, 0.717) is 24.1 Å². The fraction of sp³-hybridized carbons (Fsp3) is 0.353. The number of anilines is 1. The zero-order valence-corrected chi connectivity index (χ0v) is 15.6. The van der Waals surface area contributed by atoms with Crippen LogP contribution in [-0.2, 0) is 6.42 Å². The molecule has 0 saturated carbocycles. The summed E-state index contributed by atoms with van der Waals surface area (Å²) in [6.07, 6.45) is 0.894.